The van der Waals surface area contributed by atoms with E-state index in [-0.39, 0.29) is 11.8 Å². The highest BCUT2D eigenvalue weighted by Gasteiger charge is 2.48. The van der Waals surface area contributed by atoms with Crippen LogP contribution in [0.15, 0.2) is 102 Å². The Kier molecular flexibility index (Phi) is 3.91. The van der Waals surface area contributed by atoms with Crippen molar-refractivity contribution in [1.82, 2.24) is 4.90 Å². The molecular formula is C25H18N2O2. The first-order chi connectivity index (χ1) is 14.2. The van der Waals surface area contributed by atoms with Crippen LogP contribution in [0.2, 0.25) is 0 Å². The van der Waals surface area contributed by atoms with E-state index >= 15 is 0 Å². The molecule has 0 aliphatic carbocycles. The van der Waals surface area contributed by atoms with Gasteiger partial charge in [0.15, 0.2) is 0 Å². The van der Waals surface area contributed by atoms with Crippen LogP contribution >= 0.6 is 0 Å². The molecular weight excluding hydrogens is 360 g/mol. The van der Waals surface area contributed by atoms with E-state index in [0.29, 0.717) is 22.5 Å². The predicted molar refractivity (Wildman–Crippen MR) is 113 cm³/mol. The number of fused-ring (bicyclic) bond motifs is 1. The molecule has 5 rings (SSSR count). The third-order valence-electron chi connectivity index (χ3n) is 5.33. The highest BCUT2D eigenvalue weighted by atomic mass is 16.2. The average molecular weight is 378 g/mol. The zero-order chi connectivity index (χ0) is 20.0. The molecule has 2 heterocycles. The van der Waals surface area contributed by atoms with E-state index in [1.54, 1.807) is 16.8 Å². The molecule has 0 atom stereocenters. The molecule has 3 aromatic rings. The van der Waals surface area contributed by atoms with Crippen LogP contribution in [0.3, 0.4) is 0 Å². The zero-order valence-corrected chi connectivity index (χ0v) is 15.9. The van der Waals surface area contributed by atoms with Gasteiger partial charge in [-0.25, -0.2) is 0 Å². The second-order valence-corrected chi connectivity index (χ2v) is 7.02. The molecule has 0 saturated carbocycles. The maximum atomic E-state index is 13.7. The third-order valence-corrected chi connectivity index (χ3v) is 5.33. The summed E-state index contributed by atoms with van der Waals surface area (Å²) in [7, 11) is 1.73. The van der Waals surface area contributed by atoms with Crippen LogP contribution in [0, 0.1) is 0 Å². The Bertz CT molecular complexity index is 1180. The molecule has 0 saturated heterocycles. The van der Waals surface area contributed by atoms with Crippen LogP contribution in [-0.2, 0) is 9.59 Å². The summed E-state index contributed by atoms with van der Waals surface area (Å²) in [5.74, 6) is -0.342. The second-order valence-electron chi connectivity index (χ2n) is 7.02. The van der Waals surface area contributed by atoms with Crippen molar-refractivity contribution in [3.05, 3.63) is 113 Å². The SMILES string of the molecule is CN1C(=O)C2=C(c3ccccc3)N(c3ccccc3)C(=O)C2=C1c1ccccc1. The Hall–Kier alpha value is -3.92. The maximum absolute atomic E-state index is 13.7. The van der Waals surface area contributed by atoms with Crippen molar-refractivity contribution in [3.8, 4) is 0 Å². The number of carbonyl (C=O) groups is 2. The van der Waals surface area contributed by atoms with Crippen molar-refractivity contribution in [2.24, 2.45) is 0 Å². The second kappa shape index (κ2) is 6.60. The van der Waals surface area contributed by atoms with Gasteiger partial charge in [-0.1, -0.05) is 78.9 Å². The fourth-order valence-electron chi connectivity index (χ4n) is 4.04. The minimum Gasteiger partial charge on any atom is -0.310 e. The number of amides is 2. The topological polar surface area (TPSA) is 40.6 Å². The van der Waals surface area contributed by atoms with Gasteiger partial charge in [-0.05, 0) is 23.3 Å². The number of anilines is 1. The van der Waals surface area contributed by atoms with Crippen molar-refractivity contribution < 1.29 is 9.59 Å². The van der Waals surface area contributed by atoms with Gasteiger partial charge < -0.3 is 4.90 Å². The van der Waals surface area contributed by atoms with E-state index in [4.69, 9.17) is 0 Å². The van der Waals surface area contributed by atoms with Crippen molar-refractivity contribution in [2.75, 3.05) is 11.9 Å². The van der Waals surface area contributed by atoms with Gasteiger partial charge in [-0.15, -0.1) is 0 Å². The summed E-state index contributed by atoms with van der Waals surface area (Å²) in [6.07, 6.45) is 0. The lowest BCUT2D eigenvalue weighted by atomic mass is 10.0. The van der Waals surface area contributed by atoms with Gasteiger partial charge in [0, 0.05) is 12.7 Å². The minimum atomic E-state index is -0.179. The molecule has 0 fully saturated rings. The zero-order valence-electron chi connectivity index (χ0n) is 15.9. The third kappa shape index (κ3) is 2.53. The highest BCUT2D eigenvalue weighted by molar-refractivity contribution is 6.36. The molecule has 0 N–H and O–H groups in total. The van der Waals surface area contributed by atoms with Gasteiger partial charge in [-0.3, -0.25) is 14.5 Å². The smallest absolute Gasteiger partial charge is 0.265 e. The van der Waals surface area contributed by atoms with Crippen LogP contribution < -0.4 is 4.90 Å². The Balaban J connectivity index is 1.83. The molecule has 4 nitrogen and oxygen atoms in total. The summed E-state index contributed by atoms with van der Waals surface area (Å²) in [5, 5.41) is 0. The number of nitrogens with zero attached hydrogens (tertiary/aromatic N) is 2. The monoisotopic (exact) mass is 378 g/mol. The first-order valence-electron chi connectivity index (χ1n) is 9.46. The Morgan fingerprint density at radius 2 is 1.00 bits per heavy atom. The standard InChI is InChI=1S/C25H18N2O2/c1-26-22(17-11-5-2-6-12-17)20-21(24(26)28)23(18-13-7-3-8-14-18)27(25(20)29)19-15-9-4-10-16-19/h2-16H,1H3. The van der Waals surface area contributed by atoms with Crippen molar-refractivity contribution in [1.29, 1.82) is 0 Å². The molecule has 140 valence electrons. The Morgan fingerprint density at radius 3 is 1.55 bits per heavy atom. The van der Waals surface area contributed by atoms with E-state index in [9.17, 15) is 9.59 Å². The molecule has 0 radical (unpaired) electrons. The van der Waals surface area contributed by atoms with Crippen LogP contribution in [-0.4, -0.2) is 23.8 Å². The summed E-state index contributed by atoms with van der Waals surface area (Å²) in [6.45, 7) is 0. The van der Waals surface area contributed by atoms with Gasteiger partial charge >= 0.3 is 0 Å². The number of para-hydroxylation sites is 1. The van der Waals surface area contributed by atoms with E-state index in [1.165, 1.54) is 0 Å². The lowest BCUT2D eigenvalue weighted by Gasteiger charge is -2.23. The molecule has 0 unspecified atom stereocenters. The Labute approximate surface area is 169 Å². The summed E-state index contributed by atoms with van der Waals surface area (Å²) in [6, 6.07) is 28.7. The molecule has 4 heteroatoms. The maximum Gasteiger partial charge on any atom is 0.265 e. The predicted octanol–water partition coefficient (Wildman–Crippen LogP) is 4.33. The van der Waals surface area contributed by atoms with Crippen molar-refractivity contribution in [2.45, 2.75) is 0 Å². The number of carbonyl (C=O) groups excluding carboxylic acids is 2. The summed E-state index contributed by atoms with van der Waals surface area (Å²) >= 11 is 0. The number of hydrogen-bond acceptors (Lipinski definition) is 2. The largest absolute Gasteiger partial charge is 0.310 e. The van der Waals surface area contributed by atoms with Gasteiger partial charge in [0.25, 0.3) is 11.8 Å². The van der Waals surface area contributed by atoms with Gasteiger partial charge in [-0.2, -0.15) is 0 Å². The van der Waals surface area contributed by atoms with Crippen LogP contribution in [0.4, 0.5) is 5.69 Å². The first-order valence-corrected chi connectivity index (χ1v) is 9.46. The van der Waals surface area contributed by atoms with Gasteiger partial charge in [0.2, 0.25) is 0 Å². The van der Waals surface area contributed by atoms with Gasteiger partial charge in [0.1, 0.15) is 0 Å². The highest BCUT2D eigenvalue weighted by Crippen LogP contribution is 2.47. The van der Waals surface area contributed by atoms with Crippen LogP contribution in [0.25, 0.3) is 11.4 Å². The van der Waals surface area contributed by atoms with Crippen LogP contribution in [0.1, 0.15) is 11.1 Å². The molecule has 29 heavy (non-hydrogen) atoms. The van der Waals surface area contributed by atoms with E-state index in [1.807, 2.05) is 91.0 Å². The summed E-state index contributed by atoms with van der Waals surface area (Å²) < 4.78 is 0. The molecule has 3 aromatic carbocycles. The fourth-order valence-corrected chi connectivity index (χ4v) is 4.04. The summed E-state index contributed by atoms with van der Waals surface area (Å²) in [4.78, 5) is 30.3. The molecule has 2 amide bonds. The van der Waals surface area contributed by atoms with E-state index in [2.05, 4.69) is 0 Å². The number of likely N-dealkylation sites (N-methyl/N-ethyl adjacent to an activating group) is 1. The van der Waals surface area contributed by atoms with Crippen molar-refractivity contribution >= 4 is 28.9 Å². The number of rotatable bonds is 3. The van der Waals surface area contributed by atoms with E-state index in [0.717, 1.165) is 16.8 Å². The van der Waals surface area contributed by atoms with E-state index < -0.39 is 0 Å². The average Bonchev–Trinajstić information content (AvgIpc) is 3.21. The molecule has 0 bridgehead atoms. The minimum absolute atomic E-state index is 0.163. The number of hydrogen-bond donors (Lipinski definition) is 0. The molecule has 0 aromatic heterocycles. The first kappa shape index (κ1) is 17.2. The van der Waals surface area contributed by atoms with Crippen molar-refractivity contribution in [3.63, 3.8) is 0 Å². The molecule has 2 aliphatic heterocycles. The lowest BCUT2D eigenvalue weighted by Crippen LogP contribution is -2.28. The summed E-state index contributed by atoms with van der Waals surface area (Å²) in [5.41, 5.74) is 4.66. The molecule has 0 spiro atoms. The Morgan fingerprint density at radius 1 is 0.552 bits per heavy atom. The quantitative estimate of drug-likeness (QED) is 0.681. The fraction of sp³-hybridized carbons (Fsp3) is 0.0400. The molecule has 2 aliphatic rings. The van der Waals surface area contributed by atoms with Gasteiger partial charge in [0.05, 0.1) is 22.5 Å². The van der Waals surface area contributed by atoms with Crippen LogP contribution in [0.5, 0.6) is 0 Å². The number of benzene rings is 3. The lowest BCUT2D eigenvalue weighted by molar-refractivity contribution is -0.122. The normalized spacial score (nSPS) is 16.2.